The Bertz CT molecular complexity index is 738. The Hall–Kier alpha value is -2.41. The third kappa shape index (κ3) is 5.10. The van der Waals surface area contributed by atoms with Gasteiger partial charge >= 0.3 is 12.0 Å². The van der Waals surface area contributed by atoms with Gasteiger partial charge in [0.25, 0.3) is 0 Å². The standard InChI is InChI=1S/C20H27ClN2O5/c1-5-8-9-28-18-14(21)10-13(11-15(18)26-6-2)17-16(19(24)27-7-3)12(4)22-20(25)23-17/h10-11,16-17H,4-9H2,1-3H3,(H2,22,23,25)/t16-,17+/m0/s1. The van der Waals surface area contributed by atoms with Crippen molar-refractivity contribution in [1.29, 1.82) is 0 Å². The van der Waals surface area contributed by atoms with E-state index < -0.39 is 24.0 Å². The molecule has 2 N–H and O–H groups in total. The molecule has 1 heterocycles. The first kappa shape index (κ1) is 21.9. The van der Waals surface area contributed by atoms with Crippen LogP contribution >= 0.6 is 11.6 Å². The average Bonchev–Trinajstić information content (AvgIpc) is 2.63. The molecule has 2 amide bonds. The average molecular weight is 411 g/mol. The summed E-state index contributed by atoms with van der Waals surface area (Å²) in [5, 5.41) is 5.63. The molecule has 1 aromatic carbocycles. The number of benzene rings is 1. The van der Waals surface area contributed by atoms with Gasteiger partial charge in [0.15, 0.2) is 11.5 Å². The molecule has 1 aromatic rings. The Morgan fingerprint density at radius 1 is 1.21 bits per heavy atom. The zero-order chi connectivity index (χ0) is 20.7. The zero-order valence-electron chi connectivity index (χ0n) is 16.5. The van der Waals surface area contributed by atoms with Crippen molar-refractivity contribution in [3.05, 3.63) is 35.0 Å². The number of carbonyl (C=O) groups excluding carboxylic acids is 2. The molecule has 0 saturated carbocycles. The van der Waals surface area contributed by atoms with Gasteiger partial charge in [-0.1, -0.05) is 31.5 Å². The van der Waals surface area contributed by atoms with Gasteiger partial charge < -0.3 is 24.8 Å². The van der Waals surface area contributed by atoms with E-state index in [1.807, 2.05) is 6.92 Å². The fraction of sp³-hybridized carbons (Fsp3) is 0.500. The minimum absolute atomic E-state index is 0.221. The van der Waals surface area contributed by atoms with Crippen molar-refractivity contribution in [2.24, 2.45) is 5.92 Å². The van der Waals surface area contributed by atoms with Crippen LogP contribution in [0.4, 0.5) is 4.79 Å². The number of urea groups is 1. The van der Waals surface area contributed by atoms with Crippen molar-refractivity contribution in [3.63, 3.8) is 0 Å². The molecule has 7 nitrogen and oxygen atoms in total. The van der Waals surface area contributed by atoms with E-state index in [0.717, 1.165) is 12.8 Å². The van der Waals surface area contributed by atoms with E-state index in [4.69, 9.17) is 25.8 Å². The van der Waals surface area contributed by atoms with Crippen molar-refractivity contribution >= 4 is 23.6 Å². The number of carbonyl (C=O) groups is 2. The number of hydrogen-bond donors (Lipinski definition) is 2. The lowest BCUT2D eigenvalue weighted by molar-refractivity contribution is -0.147. The molecule has 2 atom stereocenters. The second-order valence-corrected chi connectivity index (χ2v) is 6.70. The predicted octanol–water partition coefficient (Wildman–Crippen LogP) is 3.96. The lowest BCUT2D eigenvalue weighted by Crippen LogP contribution is -2.51. The summed E-state index contributed by atoms with van der Waals surface area (Å²) in [5.74, 6) is -0.369. The van der Waals surface area contributed by atoms with E-state index in [9.17, 15) is 9.59 Å². The molecule has 2 rings (SSSR count). The molecule has 28 heavy (non-hydrogen) atoms. The molecule has 0 radical (unpaired) electrons. The number of unbranched alkanes of at least 4 members (excludes halogenated alkanes) is 1. The van der Waals surface area contributed by atoms with Crippen LogP contribution in [0.25, 0.3) is 0 Å². The van der Waals surface area contributed by atoms with Crippen LogP contribution in [-0.2, 0) is 9.53 Å². The van der Waals surface area contributed by atoms with Crippen LogP contribution in [-0.4, -0.2) is 31.8 Å². The normalized spacial score (nSPS) is 18.9. The Balaban J connectivity index is 2.43. The molecule has 0 bridgehead atoms. The first-order chi connectivity index (χ1) is 13.4. The molecule has 0 unspecified atom stereocenters. The van der Waals surface area contributed by atoms with Crippen LogP contribution in [0, 0.1) is 5.92 Å². The number of ether oxygens (including phenoxy) is 3. The van der Waals surface area contributed by atoms with Crippen molar-refractivity contribution in [1.82, 2.24) is 10.6 Å². The lowest BCUT2D eigenvalue weighted by atomic mass is 9.89. The van der Waals surface area contributed by atoms with Gasteiger partial charge in [-0.3, -0.25) is 4.79 Å². The number of rotatable bonds is 9. The van der Waals surface area contributed by atoms with E-state index in [-0.39, 0.29) is 12.3 Å². The van der Waals surface area contributed by atoms with Crippen molar-refractivity contribution < 1.29 is 23.8 Å². The highest BCUT2D eigenvalue weighted by Gasteiger charge is 2.39. The van der Waals surface area contributed by atoms with Gasteiger partial charge in [0, 0.05) is 5.70 Å². The number of amides is 2. The first-order valence-corrected chi connectivity index (χ1v) is 9.82. The summed E-state index contributed by atoms with van der Waals surface area (Å²) in [6.45, 7) is 10.6. The van der Waals surface area contributed by atoms with Gasteiger partial charge in [-0.25, -0.2) is 4.79 Å². The molecule has 1 fully saturated rings. The summed E-state index contributed by atoms with van der Waals surface area (Å²) >= 11 is 6.46. The maximum Gasteiger partial charge on any atom is 0.319 e. The topological polar surface area (TPSA) is 85.9 Å². The minimum atomic E-state index is -0.796. The smallest absolute Gasteiger partial charge is 0.319 e. The molecule has 0 spiro atoms. The van der Waals surface area contributed by atoms with E-state index in [1.54, 1.807) is 19.1 Å². The van der Waals surface area contributed by atoms with Crippen LogP contribution in [0.1, 0.15) is 45.2 Å². The van der Waals surface area contributed by atoms with E-state index in [1.165, 1.54) is 0 Å². The molecule has 1 aliphatic rings. The quantitative estimate of drug-likeness (QED) is 0.475. The second-order valence-electron chi connectivity index (χ2n) is 6.30. The highest BCUT2D eigenvalue weighted by atomic mass is 35.5. The summed E-state index contributed by atoms with van der Waals surface area (Å²) in [6, 6.07) is 2.25. The Labute approximate surface area is 170 Å². The van der Waals surface area contributed by atoms with Gasteiger partial charge in [-0.05, 0) is 38.0 Å². The van der Waals surface area contributed by atoms with Gasteiger partial charge in [-0.15, -0.1) is 0 Å². The minimum Gasteiger partial charge on any atom is -0.490 e. The molecule has 0 aliphatic carbocycles. The number of halogens is 1. The summed E-state index contributed by atoms with van der Waals surface area (Å²) in [4.78, 5) is 24.5. The summed E-state index contributed by atoms with van der Waals surface area (Å²) in [6.07, 6.45) is 1.88. The highest BCUT2D eigenvalue weighted by molar-refractivity contribution is 6.32. The van der Waals surface area contributed by atoms with Crippen molar-refractivity contribution in [2.45, 2.75) is 39.7 Å². The van der Waals surface area contributed by atoms with Crippen LogP contribution in [0.3, 0.4) is 0 Å². The SMILES string of the molecule is C=C1NC(=O)N[C@H](c2cc(Cl)c(OCCCC)c(OCC)c2)[C@H]1C(=O)OCC. The molecular formula is C20H27ClN2O5. The lowest BCUT2D eigenvalue weighted by Gasteiger charge is -2.33. The largest absolute Gasteiger partial charge is 0.490 e. The Morgan fingerprint density at radius 3 is 2.61 bits per heavy atom. The fourth-order valence-electron chi connectivity index (χ4n) is 2.96. The summed E-state index contributed by atoms with van der Waals surface area (Å²) < 4.78 is 16.6. The van der Waals surface area contributed by atoms with Crippen molar-refractivity contribution in [3.8, 4) is 11.5 Å². The van der Waals surface area contributed by atoms with Crippen LogP contribution < -0.4 is 20.1 Å². The van der Waals surface area contributed by atoms with Gasteiger partial charge in [0.2, 0.25) is 0 Å². The molecule has 1 saturated heterocycles. The summed E-state index contributed by atoms with van der Waals surface area (Å²) in [5.41, 5.74) is 0.870. The first-order valence-electron chi connectivity index (χ1n) is 9.44. The van der Waals surface area contributed by atoms with Crippen LogP contribution in [0.5, 0.6) is 11.5 Å². The molecule has 8 heteroatoms. The fourth-order valence-corrected chi connectivity index (χ4v) is 3.23. The van der Waals surface area contributed by atoms with E-state index in [2.05, 4.69) is 24.1 Å². The van der Waals surface area contributed by atoms with Gasteiger partial charge in [0.05, 0.1) is 30.9 Å². The van der Waals surface area contributed by atoms with E-state index in [0.29, 0.717) is 35.3 Å². The van der Waals surface area contributed by atoms with Gasteiger partial charge in [-0.2, -0.15) is 0 Å². The zero-order valence-corrected chi connectivity index (χ0v) is 17.2. The Morgan fingerprint density at radius 2 is 1.96 bits per heavy atom. The molecule has 0 aromatic heterocycles. The van der Waals surface area contributed by atoms with Crippen molar-refractivity contribution in [2.75, 3.05) is 19.8 Å². The van der Waals surface area contributed by atoms with Gasteiger partial charge in [0.1, 0.15) is 5.92 Å². The van der Waals surface area contributed by atoms with E-state index >= 15 is 0 Å². The predicted molar refractivity (Wildman–Crippen MR) is 107 cm³/mol. The molecule has 154 valence electrons. The molecule has 1 aliphatic heterocycles. The third-order valence-corrected chi connectivity index (χ3v) is 4.53. The monoisotopic (exact) mass is 410 g/mol. The molecular weight excluding hydrogens is 384 g/mol. The van der Waals surface area contributed by atoms with Crippen LogP contribution in [0.15, 0.2) is 24.4 Å². The highest BCUT2D eigenvalue weighted by Crippen LogP contribution is 2.41. The third-order valence-electron chi connectivity index (χ3n) is 4.25. The number of hydrogen-bond acceptors (Lipinski definition) is 5. The summed E-state index contributed by atoms with van der Waals surface area (Å²) in [7, 11) is 0. The number of nitrogens with one attached hydrogen (secondary N) is 2. The Kier molecular flexibility index (Phi) is 7.99. The maximum atomic E-state index is 12.5. The maximum absolute atomic E-state index is 12.5. The number of esters is 1. The second kappa shape index (κ2) is 10.2. The van der Waals surface area contributed by atoms with Crippen LogP contribution in [0.2, 0.25) is 5.02 Å².